The van der Waals surface area contributed by atoms with Crippen molar-refractivity contribution < 1.29 is 5.11 Å². The van der Waals surface area contributed by atoms with Crippen LogP contribution in [0.5, 0.6) is 0 Å². The van der Waals surface area contributed by atoms with Crippen molar-refractivity contribution in [1.82, 2.24) is 19.5 Å². The van der Waals surface area contributed by atoms with Gasteiger partial charge in [0, 0.05) is 25.7 Å². The van der Waals surface area contributed by atoms with Crippen molar-refractivity contribution in [2.45, 2.75) is 45.7 Å². The number of nitrogens with zero attached hydrogens (tertiary/aromatic N) is 4. The molecule has 1 aromatic carbocycles. The first kappa shape index (κ1) is 19.1. The molecule has 3 aromatic rings. The quantitative estimate of drug-likeness (QED) is 0.474. The summed E-state index contributed by atoms with van der Waals surface area (Å²) in [4.78, 5) is 13.9. The molecule has 144 valence electrons. The van der Waals surface area contributed by atoms with E-state index in [0.717, 1.165) is 42.8 Å². The average Bonchev–Trinajstić information content (AvgIpc) is 3.11. The Kier molecular flexibility index (Phi) is 6.59. The highest BCUT2D eigenvalue weighted by Gasteiger charge is 2.14. The summed E-state index contributed by atoms with van der Waals surface area (Å²) in [5, 5.41) is 15.6. The van der Waals surface area contributed by atoms with Gasteiger partial charge in [-0.2, -0.15) is 9.97 Å². The summed E-state index contributed by atoms with van der Waals surface area (Å²) >= 11 is 0. The van der Waals surface area contributed by atoms with E-state index in [4.69, 9.17) is 5.11 Å². The minimum Gasteiger partial charge on any atom is -0.396 e. The summed E-state index contributed by atoms with van der Waals surface area (Å²) in [5.74, 6) is 1.34. The second-order valence-electron chi connectivity index (χ2n) is 6.86. The van der Waals surface area contributed by atoms with E-state index in [1.807, 2.05) is 24.5 Å². The largest absolute Gasteiger partial charge is 0.396 e. The van der Waals surface area contributed by atoms with Gasteiger partial charge in [-0.15, -0.1) is 0 Å². The van der Waals surface area contributed by atoms with E-state index in [1.165, 1.54) is 5.56 Å². The average molecular weight is 368 g/mol. The van der Waals surface area contributed by atoms with Crippen LogP contribution in [0, 0.1) is 0 Å². The molecule has 0 unspecified atom stereocenters. The molecule has 7 nitrogen and oxygen atoms in total. The lowest BCUT2D eigenvalue weighted by molar-refractivity contribution is 0.283. The number of anilines is 2. The van der Waals surface area contributed by atoms with E-state index in [0.29, 0.717) is 12.5 Å². The van der Waals surface area contributed by atoms with Crippen molar-refractivity contribution in [2.24, 2.45) is 0 Å². The van der Waals surface area contributed by atoms with Gasteiger partial charge in [0.1, 0.15) is 0 Å². The van der Waals surface area contributed by atoms with Gasteiger partial charge >= 0.3 is 0 Å². The number of unbranched alkanes of at least 4 members (excludes halogenated alkanes) is 2. The summed E-state index contributed by atoms with van der Waals surface area (Å²) in [6, 6.07) is 10.5. The highest BCUT2D eigenvalue weighted by Crippen LogP contribution is 2.23. The van der Waals surface area contributed by atoms with Gasteiger partial charge in [-0.25, -0.2) is 4.98 Å². The van der Waals surface area contributed by atoms with Crippen LogP contribution in [-0.2, 0) is 6.54 Å². The maximum atomic E-state index is 8.89. The molecule has 0 spiro atoms. The molecule has 0 aliphatic rings. The van der Waals surface area contributed by atoms with Gasteiger partial charge in [0.15, 0.2) is 17.0 Å². The van der Waals surface area contributed by atoms with Gasteiger partial charge in [-0.1, -0.05) is 30.3 Å². The predicted molar refractivity (Wildman–Crippen MR) is 109 cm³/mol. The Morgan fingerprint density at radius 1 is 1.04 bits per heavy atom. The van der Waals surface area contributed by atoms with Crippen LogP contribution < -0.4 is 10.6 Å². The Hall–Kier alpha value is -2.67. The molecule has 7 heteroatoms. The summed E-state index contributed by atoms with van der Waals surface area (Å²) in [6.45, 7) is 5.92. The number of imidazole rings is 1. The van der Waals surface area contributed by atoms with Crippen LogP contribution >= 0.6 is 0 Å². The molecule has 0 aliphatic carbocycles. The Balaban J connectivity index is 1.81. The zero-order valence-electron chi connectivity index (χ0n) is 16.0. The predicted octanol–water partition coefficient (Wildman–Crippen LogP) is 3.59. The van der Waals surface area contributed by atoms with E-state index in [9.17, 15) is 0 Å². The number of aliphatic hydroxyl groups is 1. The van der Waals surface area contributed by atoms with E-state index in [-0.39, 0.29) is 12.6 Å². The molecule has 2 heterocycles. The molecule has 27 heavy (non-hydrogen) atoms. The second kappa shape index (κ2) is 9.32. The first-order valence-electron chi connectivity index (χ1n) is 9.56. The Bertz CT molecular complexity index is 846. The van der Waals surface area contributed by atoms with Crippen molar-refractivity contribution in [3.63, 3.8) is 0 Å². The molecule has 0 bridgehead atoms. The van der Waals surface area contributed by atoms with E-state index < -0.39 is 0 Å². The molecule has 0 fully saturated rings. The molecule has 0 saturated heterocycles. The fourth-order valence-electron chi connectivity index (χ4n) is 2.89. The number of fused-ring (bicyclic) bond motifs is 1. The van der Waals surface area contributed by atoms with Crippen LogP contribution in [0.25, 0.3) is 11.2 Å². The van der Waals surface area contributed by atoms with Crippen LogP contribution in [0.1, 0.15) is 44.7 Å². The fourth-order valence-corrected chi connectivity index (χ4v) is 2.89. The van der Waals surface area contributed by atoms with E-state index in [1.54, 1.807) is 0 Å². The number of benzene rings is 1. The number of aliphatic hydroxyl groups excluding tert-OH is 1. The Morgan fingerprint density at radius 3 is 2.59 bits per heavy atom. The lowest BCUT2D eigenvalue weighted by Crippen LogP contribution is -2.10. The van der Waals surface area contributed by atoms with Crippen molar-refractivity contribution in [3.05, 3.63) is 42.2 Å². The molecular weight excluding hydrogens is 340 g/mol. The summed E-state index contributed by atoms with van der Waals surface area (Å²) in [6.07, 6.45) is 4.60. The number of aromatic nitrogens is 4. The highest BCUT2D eigenvalue weighted by molar-refractivity contribution is 5.84. The van der Waals surface area contributed by atoms with Gasteiger partial charge in [-0.05, 0) is 38.7 Å². The maximum absolute atomic E-state index is 8.89. The molecule has 0 radical (unpaired) electrons. The molecule has 3 rings (SSSR count). The van der Waals surface area contributed by atoms with Crippen molar-refractivity contribution in [2.75, 3.05) is 23.8 Å². The molecule has 0 saturated carbocycles. The van der Waals surface area contributed by atoms with Crippen molar-refractivity contribution in [1.29, 1.82) is 0 Å². The molecule has 0 aliphatic heterocycles. The first-order valence-corrected chi connectivity index (χ1v) is 9.56. The summed E-state index contributed by atoms with van der Waals surface area (Å²) in [7, 11) is 0. The SMILES string of the molecule is CC(C)n1cnc2c(NCc3ccccc3)nc(NCCCCCO)nc21. The van der Waals surface area contributed by atoms with Crippen LogP contribution in [0.2, 0.25) is 0 Å². The third-order valence-corrected chi connectivity index (χ3v) is 4.40. The number of nitrogens with one attached hydrogen (secondary N) is 2. The maximum Gasteiger partial charge on any atom is 0.226 e. The smallest absolute Gasteiger partial charge is 0.226 e. The topological polar surface area (TPSA) is 87.9 Å². The zero-order chi connectivity index (χ0) is 19.1. The minimum atomic E-state index is 0.240. The Labute approximate surface area is 159 Å². The standard InChI is InChI=1S/C20H28N6O/c1-15(2)26-14-23-17-18(22-13-16-9-5-3-6-10-16)24-20(25-19(17)26)21-11-7-4-8-12-27/h3,5-6,9-10,14-15,27H,4,7-8,11-13H2,1-2H3,(H2,21,22,24,25). The van der Waals surface area contributed by atoms with Crippen LogP contribution in [0.15, 0.2) is 36.7 Å². The fraction of sp³-hybridized carbons (Fsp3) is 0.450. The second-order valence-corrected chi connectivity index (χ2v) is 6.86. The van der Waals surface area contributed by atoms with Crippen molar-refractivity contribution >= 4 is 22.9 Å². The van der Waals surface area contributed by atoms with Gasteiger partial charge < -0.3 is 20.3 Å². The summed E-state index contributed by atoms with van der Waals surface area (Å²) in [5.41, 5.74) is 2.80. The van der Waals surface area contributed by atoms with Crippen LogP contribution in [0.3, 0.4) is 0 Å². The molecule has 0 atom stereocenters. The monoisotopic (exact) mass is 368 g/mol. The zero-order valence-corrected chi connectivity index (χ0v) is 16.0. The van der Waals surface area contributed by atoms with Gasteiger partial charge in [-0.3, -0.25) is 0 Å². The summed E-state index contributed by atoms with van der Waals surface area (Å²) < 4.78 is 2.06. The number of hydrogen-bond donors (Lipinski definition) is 3. The first-order chi connectivity index (χ1) is 13.2. The number of rotatable bonds is 10. The van der Waals surface area contributed by atoms with E-state index >= 15 is 0 Å². The molecular formula is C20H28N6O. The van der Waals surface area contributed by atoms with Crippen LogP contribution in [0.4, 0.5) is 11.8 Å². The third-order valence-electron chi connectivity index (χ3n) is 4.40. The minimum absolute atomic E-state index is 0.240. The Morgan fingerprint density at radius 2 is 1.85 bits per heavy atom. The van der Waals surface area contributed by atoms with Gasteiger partial charge in [0.2, 0.25) is 5.95 Å². The molecule has 3 N–H and O–H groups in total. The lowest BCUT2D eigenvalue weighted by atomic mass is 10.2. The third kappa shape index (κ3) is 4.95. The van der Waals surface area contributed by atoms with Gasteiger partial charge in [0.05, 0.1) is 6.33 Å². The lowest BCUT2D eigenvalue weighted by Gasteiger charge is -2.12. The van der Waals surface area contributed by atoms with E-state index in [2.05, 4.69) is 56.1 Å². The molecule has 2 aromatic heterocycles. The van der Waals surface area contributed by atoms with Gasteiger partial charge in [0.25, 0.3) is 0 Å². The molecule has 0 amide bonds. The van der Waals surface area contributed by atoms with Crippen molar-refractivity contribution in [3.8, 4) is 0 Å². The highest BCUT2D eigenvalue weighted by atomic mass is 16.2. The van der Waals surface area contributed by atoms with Crippen LogP contribution in [-0.4, -0.2) is 37.8 Å². The number of hydrogen-bond acceptors (Lipinski definition) is 6. The normalized spacial score (nSPS) is 11.3.